The molecule has 3 aliphatic rings. The van der Waals surface area contributed by atoms with Gasteiger partial charge < -0.3 is 9.80 Å². The molecule has 2 amide bonds. The third-order valence-corrected chi connectivity index (χ3v) is 5.15. The number of rotatable bonds is 2. The molecule has 0 bridgehead atoms. The van der Waals surface area contributed by atoms with Crippen LogP contribution in [0.5, 0.6) is 0 Å². The zero-order valence-corrected chi connectivity index (χ0v) is 11.9. The number of carbonyl (C=O) groups is 2. The fraction of sp³-hybridized carbons (Fsp3) is 0.867. The highest BCUT2D eigenvalue weighted by Crippen LogP contribution is 2.39. The van der Waals surface area contributed by atoms with E-state index in [1.54, 1.807) is 0 Å². The first-order chi connectivity index (χ1) is 9.09. The van der Waals surface area contributed by atoms with Gasteiger partial charge in [-0.2, -0.15) is 0 Å². The van der Waals surface area contributed by atoms with Crippen LogP contribution in [0.2, 0.25) is 0 Å². The molecule has 1 aliphatic carbocycles. The van der Waals surface area contributed by atoms with E-state index >= 15 is 0 Å². The smallest absolute Gasteiger partial charge is 0.245 e. The molecule has 19 heavy (non-hydrogen) atoms. The molecule has 0 N–H and O–H groups in total. The number of nitrogens with zero attached hydrogens (tertiary/aromatic N) is 2. The first-order valence-electron chi connectivity index (χ1n) is 7.67. The third kappa shape index (κ3) is 2.37. The predicted molar refractivity (Wildman–Crippen MR) is 72.5 cm³/mol. The Morgan fingerprint density at radius 3 is 2.63 bits per heavy atom. The Bertz CT molecular complexity index is 388. The molecule has 4 nitrogen and oxygen atoms in total. The zero-order chi connectivity index (χ0) is 13.5. The SMILES string of the molecule is CC1(CN2CCC(=O)N3CCCC3C2=O)CCCC1. The van der Waals surface area contributed by atoms with E-state index in [4.69, 9.17) is 0 Å². The summed E-state index contributed by atoms with van der Waals surface area (Å²) in [6.07, 6.45) is 7.36. The number of hydrogen-bond donors (Lipinski definition) is 0. The fourth-order valence-electron chi connectivity index (χ4n) is 4.02. The van der Waals surface area contributed by atoms with Gasteiger partial charge >= 0.3 is 0 Å². The average Bonchev–Trinajstić information content (AvgIpc) is 3.00. The minimum absolute atomic E-state index is 0.153. The fourth-order valence-corrected chi connectivity index (χ4v) is 4.02. The summed E-state index contributed by atoms with van der Waals surface area (Å²) >= 11 is 0. The number of hydrogen-bond acceptors (Lipinski definition) is 2. The summed E-state index contributed by atoms with van der Waals surface area (Å²) in [5.74, 6) is 0.381. The molecular formula is C15H24N2O2. The predicted octanol–water partition coefficient (Wildman–Crippen LogP) is 1.79. The monoisotopic (exact) mass is 264 g/mol. The molecule has 2 aliphatic heterocycles. The van der Waals surface area contributed by atoms with Crippen LogP contribution in [0.25, 0.3) is 0 Å². The van der Waals surface area contributed by atoms with Gasteiger partial charge in [-0.25, -0.2) is 0 Å². The molecule has 0 aromatic heterocycles. The van der Waals surface area contributed by atoms with Gasteiger partial charge in [0.05, 0.1) is 0 Å². The molecule has 1 saturated carbocycles. The Morgan fingerprint density at radius 1 is 1.16 bits per heavy atom. The lowest BCUT2D eigenvalue weighted by atomic mass is 9.88. The Kier molecular flexibility index (Phi) is 3.27. The van der Waals surface area contributed by atoms with Crippen molar-refractivity contribution >= 4 is 11.8 Å². The van der Waals surface area contributed by atoms with Crippen LogP contribution in [0, 0.1) is 5.41 Å². The van der Waals surface area contributed by atoms with E-state index in [9.17, 15) is 9.59 Å². The largest absolute Gasteiger partial charge is 0.340 e. The quantitative estimate of drug-likeness (QED) is 0.763. The standard InChI is InChI=1S/C15H24N2O2/c1-15(7-2-3-8-15)11-16-10-6-13(18)17-9-4-5-12(17)14(16)19/h12H,2-11H2,1H3. The van der Waals surface area contributed by atoms with Gasteiger partial charge in [-0.3, -0.25) is 9.59 Å². The molecule has 1 unspecified atom stereocenters. The molecule has 1 atom stereocenters. The van der Waals surface area contributed by atoms with Crippen LogP contribution in [-0.4, -0.2) is 47.3 Å². The molecule has 106 valence electrons. The minimum Gasteiger partial charge on any atom is -0.340 e. The number of amides is 2. The van der Waals surface area contributed by atoms with Gasteiger partial charge in [-0.1, -0.05) is 19.8 Å². The molecule has 3 fully saturated rings. The number of carbonyl (C=O) groups excluding carboxylic acids is 2. The van der Waals surface area contributed by atoms with Gasteiger partial charge in [-0.15, -0.1) is 0 Å². The van der Waals surface area contributed by atoms with Crippen LogP contribution in [0.15, 0.2) is 0 Å². The summed E-state index contributed by atoms with van der Waals surface area (Å²) in [4.78, 5) is 28.5. The normalized spacial score (nSPS) is 30.7. The maximum Gasteiger partial charge on any atom is 0.245 e. The Balaban J connectivity index is 1.74. The minimum atomic E-state index is -0.153. The van der Waals surface area contributed by atoms with Crippen LogP contribution in [0.1, 0.15) is 51.9 Å². The van der Waals surface area contributed by atoms with Crippen LogP contribution >= 0.6 is 0 Å². The van der Waals surface area contributed by atoms with E-state index in [1.807, 2.05) is 9.80 Å². The lowest BCUT2D eigenvalue weighted by Gasteiger charge is -2.33. The molecule has 2 heterocycles. The zero-order valence-electron chi connectivity index (χ0n) is 11.9. The highest BCUT2D eigenvalue weighted by molar-refractivity contribution is 5.90. The van der Waals surface area contributed by atoms with Crippen molar-refractivity contribution in [1.82, 2.24) is 9.80 Å². The summed E-state index contributed by atoms with van der Waals surface area (Å²) in [5.41, 5.74) is 0.284. The van der Waals surface area contributed by atoms with Crippen molar-refractivity contribution < 1.29 is 9.59 Å². The maximum absolute atomic E-state index is 12.6. The van der Waals surface area contributed by atoms with Crippen LogP contribution in [0.3, 0.4) is 0 Å². The molecule has 2 saturated heterocycles. The maximum atomic E-state index is 12.6. The topological polar surface area (TPSA) is 40.6 Å². The van der Waals surface area contributed by atoms with Gasteiger partial charge in [0.1, 0.15) is 6.04 Å². The highest BCUT2D eigenvalue weighted by atomic mass is 16.2. The summed E-state index contributed by atoms with van der Waals surface area (Å²) < 4.78 is 0. The average molecular weight is 264 g/mol. The Morgan fingerprint density at radius 2 is 1.89 bits per heavy atom. The van der Waals surface area contributed by atoms with Crippen LogP contribution in [-0.2, 0) is 9.59 Å². The first-order valence-corrected chi connectivity index (χ1v) is 7.67. The second-order valence-corrected chi connectivity index (χ2v) is 6.77. The second kappa shape index (κ2) is 4.80. The van der Waals surface area contributed by atoms with Crippen molar-refractivity contribution in [3.63, 3.8) is 0 Å². The van der Waals surface area contributed by atoms with Gasteiger partial charge in [0.25, 0.3) is 0 Å². The summed E-state index contributed by atoms with van der Waals surface area (Å²) in [6.45, 7) is 4.55. The Labute approximate surface area is 115 Å². The van der Waals surface area contributed by atoms with Crippen LogP contribution < -0.4 is 0 Å². The summed E-state index contributed by atoms with van der Waals surface area (Å²) in [5, 5.41) is 0. The Hall–Kier alpha value is -1.06. The summed E-state index contributed by atoms with van der Waals surface area (Å²) in [6, 6.07) is -0.153. The van der Waals surface area contributed by atoms with Crippen molar-refractivity contribution in [3.8, 4) is 0 Å². The molecule has 0 radical (unpaired) electrons. The summed E-state index contributed by atoms with van der Waals surface area (Å²) in [7, 11) is 0. The van der Waals surface area contributed by atoms with Crippen molar-refractivity contribution in [3.05, 3.63) is 0 Å². The van der Waals surface area contributed by atoms with E-state index < -0.39 is 0 Å². The lowest BCUT2D eigenvalue weighted by molar-refractivity contribution is -0.140. The van der Waals surface area contributed by atoms with Crippen molar-refractivity contribution in [2.45, 2.75) is 57.9 Å². The van der Waals surface area contributed by atoms with E-state index in [-0.39, 0.29) is 23.3 Å². The van der Waals surface area contributed by atoms with Gasteiger partial charge in [0.15, 0.2) is 0 Å². The van der Waals surface area contributed by atoms with Crippen LogP contribution in [0.4, 0.5) is 0 Å². The highest BCUT2D eigenvalue weighted by Gasteiger charge is 2.41. The van der Waals surface area contributed by atoms with Crippen molar-refractivity contribution in [2.75, 3.05) is 19.6 Å². The lowest BCUT2D eigenvalue weighted by Crippen LogP contribution is -2.46. The third-order valence-electron chi connectivity index (χ3n) is 5.15. The molecule has 0 aromatic rings. The van der Waals surface area contributed by atoms with Gasteiger partial charge in [0, 0.05) is 26.1 Å². The van der Waals surface area contributed by atoms with Crippen molar-refractivity contribution in [1.29, 1.82) is 0 Å². The molecule has 4 heteroatoms. The van der Waals surface area contributed by atoms with E-state index in [0.717, 1.165) is 25.9 Å². The first kappa shape index (κ1) is 12.9. The molecule has 0 spiro atoms. The van der Waals surface area contributed by atoms with E-state index in [0.29, 0.717) is 13.0 Å². The van der Waals surface area contributed by atoms with E-state index in [1.165, 1.54) is 25.7 Å². The van der Waals surface area contributed by atoms with E-state index in [2.05, 4.69) is 6.92 Å². The molecule has 0 aromatic carbocycles. The second-order valence-electron chi connectivity index (χ2n) is 6.77. The van der Waals surface area contributed by atoms with Gasteiger partial charge in [0.2, 0.25) is 11.8 Å². The van der Waals surface area contributed by atoms with Crippen molar-refractivity contribution in [2.24, 2.45) is 5.41 Å². The molecular weight excluding hydrogens is 240 g/mol. The number of fused-ring (bicyclic) bond motifs is 1. The molecule has 3 rings (SSSR count). The van der Waals surface area contributed by atoms with Gasteiger partial charge in [-0.05, 0) is 31.1 Å².